The minimum absolute atomic E-state index is 0.159. The smallest absolute Gasteiger partial charge is 0.260 e. The maximum Gasteiger partial charge on any atom is 0.260 e. The highest BCUT2D eigenvalue weighted by molar-refractivity contribution is 6.01. The average molecular weight is 312 g/mol. The summed E-state index contributed by atoms with van der Waals surface area (Å²) in [6, 6.07) is 9.26. The van der Waals surface area contributed by atoms with Crippen LogP contribution >= 0.6 is 0 Å². The van der Waals surface area contributed by atoms with E-state index in [9.17, 15) is 9.90 Å². The first-order valence-electron chi connectivity index (χ1n) is 7.34. The van der Waals surface area contributed by atoms with Crippen LogP contribution in [-0.2, 0) is 0 Å². The molecule has 2 aromatic rings. The fourth-order valence-corrected chi connectivity index (χ4v) is 2.30. The summed E-state index contributed by atoms with van der Waals surface area (Å²) in [6.07, 6.45) is 2.34. The number of hydrogen-bond acceptors (Lipinski definition) is 4. The lowest BCUT2D eigenvalue weighted by Gasteiger charge is -2.19. The van der Waals surface area contributed by atoms with Crippen LogP contribution in [-0.4, -0.2) is 34.2 Å². The molecule has 0 aliphatic rings. The summed E-state index contributed by atoms with van der Waals surface area (Å²) in [4.78, 5) is 14.5. The van der Waals surface area contributed by atoms with E-state index in [1.807, 2.05) is 30.3 Å². The Morgan fingerprint density at radius 3 is 2.43 bits per heavy atom. The largest absolute Gasteiger partial charge is 0.385 e. The Labute approximate surface area is 135 Å². The van der Waals surface area contributed by atoms with Crippen LogP contribution in [0.1, 0.15) is 29.1 Å². The van der Waals surface area contributed by atoms with Gasteiger partial charge in [0.05, 0.1) is 0 Å². The van der Waals surface area contributed by atoms with E-state index in [4.69, 9.17) is 4.52 Å². The van der Waals surface area contributed by atoms with Crippen molar-refractivity contribution in [3.05, 3.63) is 67.0 Å². The van der Waals surface area contributed by atoms with Gasteiger partial charge >= 0.3 is 0 Å². The molecule has 1 aromatic heterocycles. The maximum atomic E-state index is 12.9. The summed E-state index contributed by atoms with van der Waals surface area (Å²) in [6.45, 7) is 9.60. The fraction of sp³-hybridized carbons (Fsp3) is 0.222. The molecule has 1 unspecified atom stereocenters. The predicted molar refractivity (Wildman–Crippen MR) is 88.9 cm³/mol. The summed E-state index contributed by atoms with van der Waals surface area (Å²) in [5, 5.41) is 13.9. The fourth-order valence-electron chi connectivity index (χ4n) is 2.30. The Hall–Kier alpha value is -2.66. The van der Waals surface area contributed by atoms with Gasteiger partial charge < -0.3 is 14.5 Å². The SMILES string of the molecule is C=CCN(CC=C)C(=O)c1c(-c2ccccc2)noc1C(C)O. The molecule has 120 valence electrons. The first-order valence-corrected chi connectivity index (χ1v) is 7.34. The van der Waals surface area contributed by atoms with Gasteiger partial charge in [0.15, 0.2) is 5.76 Å². The number of nitrogens with zero attached hydrogens (tertiary/aromatic N) is 2. The Morgan fingerprint density at radius 1 is 1.30 bits per heavy atom. The third-order valence-corrected chi connectivity index (χ3v) is 3.35. The molecular weight excluding hydrogens is 292 g/mol. The van der Waals surface area contributed by atoms with Gasteiger partial charge in [-0.2, -0.15) is 0 Å². The van der Waals surface area contributed by atoms with Gasteiger partial charge in [-0.1, -0.05) is 47.6 Å². The number of carbonyl (C=O) groups is 1. The first kappa shape index (κ1) is 16.7. The van der Waals surface area contributed by atoms with Crippen LogP contribution in [0.15, 0.2) is 60.2 Å². The van der Waals surface area contributed by atoms with Crippen molar-refractivity contribution in [2.75, 3.05) is 13.1 Å². The highest BCUT2D eigenvalue weighted by Crippen LogP contribution is 2.30. The third-order valence-electron chi connectivity index (χ3n) is 3.35. The zero-order chi connectivity index (χ0) is 16.8. The maximum absolute atomic E-state index is 12.9. The van der Waals surface area contributed by atoms with Crippen molar-refractivity contribution in [2.45, 2.75) is 13.0 Å². The second-order valence-corrected chi connectivity index (χ2v) is 5.10. The van der Waals surface area contributed by atoms with E-state index >= 15 is 0 Å². The molecule has 5 nitrogen and oxygen atoms in total. The van der Waals surface area contributed by atoms with E-state index in [2.05, 4.69) is 18.3 Å². The second-order valence-electron chi connectivity index (χ2n) is 5.10. The van der Waals surface area contributed by atoms with Crippen molar-refractivity contribution in [2.24, 2.45) is 0 Å². The summed E-state index contributed by atoms with van der Waals surface area (Å²) in [5.74, 6) is -0.118. The monoisotopic (exact) mass is 312 g/mol. The Morgan fingerprint density at radius 2 is 1.91 bits per heavy atom. The number of benzene rings is 1. The van der Waals surface area contributed by atoms with Crippen LogP contribution in [0.4, 0.5) is 0 Å². The molecule has 0 saturated heterocycles. The Bertz CT molecular complexity index is 680. The van der Waals surface area contributed by atoms with Crippen LogP contribution < -0.4 is 0 Å². The van der Waals surface area contributed by atoms with Crippen LogP contribution in [0.2, 0.25) is 0 Å². The molecule has 0 bridgehead atoms. The van der Waals surface area contributed by atoms with Crippen LogP contribution in [0.5, 0.6) is 0 Å². The van der Waals surface area contributed by atoms with Crippen LogP contribution in [0, 0.1) is 0 Å². The minimum Gasteiger partial charge on any atom is -0.385 e. The third kappa shape index (κ3) is 3.57. The van der Waals surface area contributed by atoms with Gasteiger partial charge in [-0.15, -0.1) is 13.2 Å². The molecule has 23 heavy (non-hydrogen) atoms. The number of aromatic nitrogens is 1. The highest BCUT2D eigenvalue weighted by atomic mass is 16.5. The molecular formula is C18H20N2O3. The van der Waals surface area contributed by atoms with Gasteiger partial charge in [-0.25, -0.2) is 0 Å². The van der Waals surface area contributed by atoms with Crippen LogP contribution in [0.25, 0.3) is 11.3 Å². The molecule has 0 aliphatic heterocycles. The summed E-state index contributed by atoms with van der Waals surface area (Å²) in [7, 11) is 0. The molecule has 1 amide bonds. The zero-order valence-corrected chi connectivity index (χ0v) is 13.1. The van der Waals surface area contributed by atoms with E-state index in [1.165, 1.54) is 6.92 Å². The molecule has 2 rings (SSSR count). The van der Waals surface area contributed by atoms with E-state index in [1.54, 1.807) is 17.1 Å². The number of amides is 1. The van der Waals surface area contributed by atoms with Crippen molar-refractivity contribution >= 4 is 5.91 Å². The van der Waals surface area contributed by atoms with Crippen molar-refractivity contribution in [1.29, 1.82) is 0 Å². The van der Waals surface area contributed by atoms with Crippen LogP contribution in [0.3, 0.4) is 0 Å². The van der Waals surface area contributed by atoms with Crippen molar-refractivity contribution < 1.29 is 14.4 Å². The van der Waals surface area contributed by atoms with Gasteiger partial charge in [-0.3, -0.25) is 4.79 Å². The molecule has 0 radical (unpaired) electrons. The highest BCUT2D eigenvalue weighted by Gasteiger charge is 2.29. The first-order chi connectivity index (χ1) is 11.1. The lowest BCUT2D eigenvalue weighted by Crippen LogP contribution is -2.32. The quantitative estimate of drug-likeness (QED) is 0.797. The average Bonchev–Trinajstić information content (AvgIpc) is 3.00. The molecule has 1 heterocycles. The molecule has 5 heteroatoms. The molecule has 0 spiro atoms. The Balaban J connectivity index is 2.54. The number of aliphatic hydroxyl groups is 1. The van der Waals surface area contributed by atoms with Gasteiger partial charge in [0.2, 0.25) is 0 Å². The van der Waals surface area contributed by atoms with Crippen molar-refractivity contribution in [3.63, 3.8) is 0 Å². The predicted octanol–water partition coefficient (Wildman–Crippen LogP) is 3.21. The molecule has 0 fully saturated rings. The molecule has 0 aliphatic carbocycles. The number of aliphatic hydroxyl groups excluding tert-OH is 1. The van der Waals surface area contributed by atoms with Crippen molar-refractivity contribution in [3.8, 4) is 11.3 Å². The van der Waals surface area contributed by atoms with Gasteiger partial charge in [0, 0.05) is 18.7 Å². The lowest BCUT2D eigenvalue weighted by atomic mass is 10.0. The lowest BCUT2D eigenvalue weighted by molar-refractivity contribution is 0.0779. The molecule has 0 saturated carbocycles. The number of hydrogen-bond donors (Lipinski definition) is 1. The topological polar surface area (TPSA) is 66.6 Å². The van der Waals surface area contributed by atoms with E-state index in [0.29, 0.717) is 18.8 Å². The minimum atomic E-state index is -0.937. The standard InChI is InChI=1S/C18H20N2O3/c1-4-11-20(12-5-2)18(22)15-16(14-9-7-6-8-10-14)19-23-17(15)13(3)21/h4-10,13,21H,1-2,11-12H2,3H3. The normalized spacial score (nSPS) is 11.7. The molecule has 1 atom stereocenters. The molecule has 1 N–H and O–H groups in total. The van der Waals surface area contributed by atoms with Crippen molar-refractivity contribution in [1.82, 2.24) is 10.1 Å². The Kier molecular flexibility index (Phi) is 5.49. The molecule has 1 aromatic carbocycles. The van der Waals surface area contributed by atoms with E-state index in [0.717, 1.165) is 5.56 Å². The second kappa shape index (κ2) is 7.56. The van der Waals surface area contributed by atoms with Gasteiger partial charge in [0.1, 0.15) is 17.4 Å². The van der Waals surface area contributed by atoms with Gasteiger partial charge in [-0.05, 0) is 6.92 Å². The number of carbonyl (C=O) groups excluding carboxylic acids is 1. The number of rotatable bonds is 7. The summed E-state index contributed by atoms with van der Waals surface area (Å²) >= 11 is 0. The zero-order valence-electron chi connectivity index (χ0n) is 13.1. The van der Waals surface area contributed by atoms with E-state index in [-0.39, 0.29) is 17.2 Å². The summed E-state index contributed by atoms with van der Waals surface area (Å²) < 4.78 is 5.24. The summed E-state index contributed by atoms with van der Waals surface area (Å²) in [5.41, 5.74) is 1.45. The van der Waals surface area contributed by atoms with Gasteiger partial charge in [0.25, 0.3) is 5.91 Å². The van der Waals surface area contributed by atoms with E-state index < -0.39 is 6.10 Å².